The van der Waals surface area contributed by atoms with Crippen LogP contribution >= 0.6 is 23.2 Å². The van der Waals surface area contributed by atoms with E-state index in [9.17, 15) is 0 Å². The lowest BCUT2D eigenvalue weighted by atomic mass is 10.1. The molecule has 0 spiro atoms. The first kappa shape index (κ1) is 12.3. The minimum Gasteiger partial charge on any atom is -0.438 e. The first-order valence-corrected chi connectivity index (χ1v) is 6.46. The summed E-state index contributed by atoms with van der Waals surface area (Å²) in [6.07, 6.45) is 1.55. The molecular formula is C15H9Cl2NO. The average molecular weight is 290 g/mol. The Labute approximate surface area is 120 Å². The first-order valence-electron chi connectivity index (χ1n) is 5.71. The molecule has 94 valence electrons. The molecule has 1 heterocycles. The molecule has 19 heavy (non-hydrogen) atoms. The second-order valence-electron chi connectivity index (χ2n) is 4.01. The Morgan fingerprint density at radius 1 is 0.842 bits per heavy atom. The molecule has 0 unspecified atom stereocenters. The van der Waals surface area contributed by atoms with Gasteiger partial charge in [-0.05, 0) is 18.2 Å². The van der Waals surface area contributed by atoms with Crippen molar-refractivity contribution in [2.75, 3.05) is 0 Å². The molecule has 0 saturated carbocycles. The fraction of sp³-hybridized carbons (Fsp3) is 0. The third-order valence-corrected chi connectivity index (χ3v) is 3.30. The van der Waals surface area contributed by atoms with Crippen LogP contribution in [0, 0.1) is 0 Å². The predicted octanol–water partition coefficient (Wildman–Crippen LogP) is 5.33. The molecule has 0 bridgehead atoms. The number of pyridine rings is 1. The molecule has 0 aliphatic rings. The van der Waals surface area contributed by atoms with E-state index in [1.54, 1.807) is 18.3 Å². The highest BCUT2D eigenvalue weighted by Gasteiger charge is 2.06. The number of hydrogen-bond donors (Lipinski definition) is 0. The Balaban J connectivity index is 2.06. The lowest BCUT2D eigenvalue weighted by molar-refractivity contribution is 0.468. The number of hydrogen-bond acceptors (Lipinski definition) is 2. The van der Waals surface area contributed by atoms with E-state index in [0.29, 0.717) is 15.9 Å². The fourth-order valence-corrected chi connectivity index (χ4v) is 2.20. The van der Waals surface area contributed by atoms with Crippen LogP contribution in [-0.4, -0.2) is 4.98 Å². The summed E-state index contributed by atoms with van der Waals surface area (Å²) in [7, 11) is 0. The van der Waals surface area contributed by atoms with Gasteiger partial charge in [-0.2, -0.15) is 0 Å². The summed E-state index contributed by atoms with van der Waals surface area (Å²) in [5.74, 6) is 1.21. The maximum absolute atomic E-state index is 6.16. The number of halogens is 2. The summed E-state index contributed by atoms with van der Waals surface area (Å²) < 4.78 is 5.77. The third-order valence-electron chi connectivity index (χ3n) is 2.75. The van der Waals surface area contributed by atoms with Crippen LogP contribution in [0.3, 0.4) is 0 Å². The van der Waals surface area contributed by atoms with Gasteiger partial charge in [-0.25, -0.2) is 4.98 Å². The van der Waals surface area contributed by atoms with Crippen LogP contribution in [0.25, 0.3) is 10.8 Å². The highest BCUT2D eigenvalue weighted by atomic mass is 35.5. The molecule has 0 atom stereocenters. The van der Waals surface area contributed by atoms with Crippen molar-refractivity contribution >= 4 is 34.0 Å². The third kappa shape index (κ3) is 2.50. The predicted molar refractivity (Wildman–Crippen MR) is 78.3 cm³/mol. The van der Waals surface area contributed by atoms with E-state index in [0.717, 1.165) is 16.5 Å². The Bertz CT molecular complexity index is 726. The van der Waals surface area contributed by atoms with Crippen LogP contribution in [0.5, 0.6) is 11.6 Å². The summed E-state index contributed by atoms with van der Waals surface area (Å²) in [5.41, 5.74) is 0. The van der Waals surface area contributed by atoms with E-state index in [1.165, 1.54) is 0 Å². The Kier molecular flexibility index (Phi) is 3.28. The van der Waals surface area contributed by atoms with Crippen LogP contribution in [0.1, 0.15) is 0 Å². The van der Waals surface area contributed by atoms with E-state index in [1.807, 2.05) is 36.4 Å². The number of benzene rings is 2. The molecule has 0 saturated heterocycles. The van der Waals surface area contributed by atoms with Crippen LogP contribution in [0.15, 0.2) is 54.7 Å². The highest BCUT2D eigenvalue weighted by molar-refractivity contribution is 6.35. The molecule has 2 nitrogen and oxygen atoms in total. The van der Waals surface area contributed by atoms with Gasteiger partial charge in [0.15, 0.2) is 0 Å². The Hall–Kier alpha value is -1.77. The minimum absolute atomic E-state index is 0.497. The highest BCUT2D eigenvalue weighted by Crippen LogP contribution is 2.33. The first-order chi connectivity index (χ1) is 9.24. The summed E-state index contributed by atoms with van der Waals surface area (Å²) in [6.45, 7) is 0. The molecule has 0 radical (unpaired) electrons. The van der Waals surface area contributed by atoms with Crippen molar-refractivity contribution in [3.05, 3.63) is 64.8 Å². The van der Waals surface area contributed by atoms with Crippen molar-refractivity contribution in [2.24, 2.45) is 0 Å². The number of fused-ring (bicyclic) bond motifs is 1. The van der Waals surface area contributed by atoms with E-state index in [2.05, 4.69) is 4.98 Å². The molecule has 0 aliphatic heterocycles. The van der Waals surface area contributed by atoms with Crippen molar-refractivity contribution in [3.8, 4) is 11.6 Å². The largest absolute Gasteiger partial charge is 0.438 e. The van der Waals surface area contributed by atoms with E-state index in [4.69, 9.17) is 27.9 Å². The summed E-state index contributed by atoms with van der Waals surface area (Å²) in [5, 5.41) is 3.18. The maximum atomic E-state index is 6.16. The molecule has 0 fully saturated rings. The van der Waals surface area contributed by atoms with E-state index in [-0.39, 0.29) is 0 Å². The lowest BCUT2D eigenvalue weighted by Gasteiger charge is -2.09. The molecular weight excluding hydrogens is 281 g/mol. The van der Waals surface area contributed by atoms with Gasteiger partial charge in [-0.3, -0.25) is 0 Å². The van der Waals surface area contributed by atoms with Gasteiger partial charge in [0.1, 0.15) is 5.75 Å². The monoisotopic (exact) mass is 289 g/mol. The standard InChI is InChI=1S/C15H9Cl2NO/c16-10-5-8-15(18-9-10)19-14-7-6-13(17)11-3-1-2-4-12(11)14/h1-9H. The normalized spacial score (nSPS) is 10.6. The maximum Gasteiger partial charge on any atom is 0.219 e. The average Bonchev–Trinajstić information content (AvgIpc) is 2.45. The van der Waals surface area contributed by atoms with Crippen LogP contribution in [0.4, 0.5) is 0 Å². The zero-order valence-electron chi connectivity index (χ0n) is 9.81. The number of ether oxygens (including phenoxy) is 1. The van der Waals surface area contributed by atoms with E-state index >= 15 is 0 Å². The number of rotatable bonds is 2. The second-order valence-corrected chi connectivity index (χ2v) is 4.85. The van der Waals surface area contributed by atoms with Gasteiger partial charge in [0.05, 0.1) is 5.02 Å². The molecule has 1 aromatic heterocycles. The van der Waals surface area contributed by atoms with Gasteiger partial charge < -0.3 is 4.74 Å². The topological polar surface area (TPSA) is 22.1 Å². The summed E-state index contributed by atoms with van der Waals surface area (Å²) >= 11 is 12.0. The summed E-state index contributed by atoms with van der Waals surface area (Å²) in [4.78, 5) is 4.12. The van der Waals surface area contributed by atoms with Gasteiger partial charge in [0.25, 0.3) is 0 Å². The zero-order chi connectivity index (χ0) is 13.2. The molecule has 4 heteroatoms. The van der Waals surface area contributed by atoms with Crippen molar-refractivity contribution in [1.29, 1.82) is 0 Å². The zero-order valence-corrected chi connectivity index (χ0v) is 11.3. The molecule has 3 rings (SSSR count). The van der Waals surface area contributed by atoms with Crippen molar-refractivity contribution in [3.63, 3.8) is 0 Å². The van der Waals surface area contributed by atoms with Gasteiger partial charge in [-0.1, -0.05) is 47.5 Å². The SMILES string of the molecule is Clc1ccc(Oc2ccc(Cl)c3ccccc23)nc1. The van der Waals surface area contributed by atoms with Crippen LogP contribution < -0.4 is 4.74 Å². The Morgan fingerprint density at radius 2 is 1.63 bits per heavy atom. The van der Waals surface area contributed by atoms with Gasteiger partial charge in [0, 0.05) is 28.1 Å². The Morgan fingerprint density at radius 3 is 2.37 bits per heavy atom. The smallest absolute Gasteiger partial charge is 0.219 e. The van der Waals surface area contributed by atoms with Gasteiger partial charge >= 0.3 is 0 Å². The quantitative estimate of drug-likeness (QED) is 0.636. The van der Waals surface area contributed by atoms with Crippen molar-refractivity contribution < 1.29 is 4.74 Å². The molecule has 2 aromatic carbocycles. The molecule has 0 amide bonds. The van der Waals surface area contributed by atoms with Crippen molar-refractivity contribution in [1.82, 2.24) is 4.98 Å². The van der Waals surface area contributed by atoms with Crippen LogP contribution in [0.2, 0.25) is 10.0 Å². The lowest BCUT2D eigenvalue weighted by Crippen LogP contribution is -1.88. The number of nitrogens with zero attached hydrogens (tertiary/aromatic N) is 1. The molecule has 0 aliphatic carbocycles. The summed E-state index contributed by atoms with van der Waals surface area (Å²) in [6, 6.07) is 14.9. The molecule has 0 N–H and O–H groups in total. The van der Waals surface area contributed by atoms with Crippen molar-refractivity contribution in [2.45, 2.75) is 0 Å². The molecule has 3 aromatic rings. The van der Waals surface area contributed by atoms with Crippen LogP contribution in [-0.2, 0) is 0 Å². The van der Waals surface area contributed by atoms with E-state index < -0.39 is 0 Å². The second kappa shape index (κ2) is 5.08. The van der Waals surface area contributed by atoms with Gasteiger partial charge in [-0.15, -0.1) is 0 Å². The number of aromatic nitrogens is 1. The fourth-order valence-electron chi connectivity index (χ4n) is 1.86. The van der Waals surface area contributed by atoms with Gasteiger partial charge in [0.2, 0.25) is 5.88 Å². The minimum atomic E-state index is 0.497.